The molecule has 0 amide bonds. The van der Waals surface area contributed by atoms with Crippen molar-refractivity contribution in [3.63, 3.8) is 0 Å². The molecule has 22 heavy (non-hydrogen) atoms. The molecule has 0 radical (unpaired) electrons. The van der Waals surface area contributed by atoms with Crippen molar-refractivity contribution in [1.29, 1.82) is 0 Å². The van der Waals surface area contributed by atoms with Crippen LogP contribution in [0.15, 0.2) is 39.3 Å². The van der Waals surface area contributed by atoms with Crippen LogP contribution in [0.25, 0.3) is 0 Å². The maximum atomic E-state index is 10.9. The first kappa shape index (κ1) is 16.0. The second-order valence-electron chi connectivity index (χ2n) is 5.01. The second kappa shape index (κ2) is 6.61. The first-order chi connectivity index (χ1) is 10.4. The van der Waals surface area contributed by atoms with Gasteiger partial charge in [-0.1, -0.05) is 31.7 Å². The summed E-state index contributed by atoms with van der Waals surface area (Å²) in [6.07, 6.45) is 1.49. The number of nitro benzene ring substituents is 1. The van der Waals surface area contributed by atoms with Crippen LogP contribution in [-0.2, 0) is 7.05 Å². The van der Waals surface area contributed by atoms with E-state index < -0.39 is 4.92 Å². The molecular formula is C14H17N5O2S. The summed E-state index contributed by atoms with van der Waals surface area (Å²) in [7, 11) is 1.87. The van der Waals surface area contributed by atoms with Gasteiger partial charge in [0.25, 0.3) is 5.69 Å². The fourth-order valence-corrected chi connectivity index (χ4v) is 3.14. The van der Waals surface area contributed by atoms with E-state index in [9.17, 15) is 10.1 Å². The molecule has 2 rings (SSSR count). The van der Waals surface area contributed by atoms with Crippen molar-refractivity contribution >= 4 is 23.7 Å². The van der Waals surface area contributed by atoms with Crippen molar-refractivity contribution < 1.29 is 4.92 Å². The molecular weight excluding hydrogens is 302 g/mol. The van der Waals surface area contributed by atoms with Crippen molar-refractivity contribution in [1.82, 2.24) is 9.55 Å². The Kier molecular flexibility index (Phi) is 4.81. The van der Waals surface area contributed by atoms with E-state index >= 15 is 0 Å². The maximum absolute atomic E-state index is 10.9. The molecule has 0 saturated carbocycles. The lowest BCUT2D eigenvalue weighted by Crippen LogP contribution is -1.99. The van der Waals surface area contributed by atoms with Crippen LogP contribution in [0.5, 0.6) is 0 Å². The SMILES string of the molecule is CC(C)c1nc(C=NN)n(C)c1Sc1cccc([N+](=O)[O-])c1. The summed E-state index contributed by atoms with van der Waals surface area (Å²) in [6, 6.07) is 6.54. The lowest BCUT2D eigenvalue weighted by molar-refractivity contribution is -0.385. The number of non-ortho nitro benzene ring substituents is 1. The number of hydrogen-bond donors (Lipinski definition) is 1. The van der Waals surface area contributed by atoms with Crippen molar-refractivity contribution in [2.45, 2.75) is 29.7 Å². The molecule has 0 saturated heterocycles. The van der Waals surface area contributed by atoms with E-state index in [2.05, 4.69) is 10.1 Å². The standard InChI is InChI=1S/C14H17N5O2S/c1-9(2)13-14(18(3)12(17-13)8-16-15)22-11-6-4-5-10(7-11)19(20)21/h4-9H,15H2,1-3H3. The van der Waals surface area contributed by atoms with Gasteiger partial charge in [0, 0.05) is 24.1 Å². The smallest absolute Gasteiger partial charge is 0.270 e. The third-order valence-electron chi connectivity index (χ3n) is 3.08. The van der Waals surface area contributed by atoms with E-state index in [0.29, 0.717) is 5.82 Å². The Morgan fingerprint density at radius 2 is 2.23 bits per heavy atom. The van der Waals surface area contributed by atoms with Gasteiger partial charge in [-0.2, -0.15) is 5.10 Å². The minimum Gasteiger partial charge on any atom is -0.323 e. The van der Waals surface area contributed by atoms with Crippen molar-refractivity contribution in [3.8, 4) is 0 Å². The highest BCUT2D eigenvalue weighted by Crippen LogP contribution is 2.35. The zero-order valence-electron chi connectivity index (χ0n) is 12.6. The van der Waals surface area contributed by atoms with Gasteiger partial charge >= 0.3 is 0 Å². The van der Waals surface area contributed by atoms with Gasteiger partial charge in [0.15, 0.2) is 5.82 Å². The van der Waals surface area contributed by atoms with Gasteiger partial charge < -0.3 is 10.4 Å². The van der Waals surface area contributed by atoms with E-state index in [0.717, 1.165) is 15.6 Å². The number of rotatable bonds is 5. The summed E-state index contributed by atoms with van der Waals surface area (Å²) in [5.41, 5.74) is 0.982. The summed E-state index contributed by atoms with van der Waals surface area (Å²) in [5.74, 6) is 6.07. The minimum absolute atomic E-state index is 0.0713. The Labute approximate surface area is 132 Å². The van der Waals surface area contributed by atoms with Crippen LogP contribution in [0.2, 0.25) is 0 Å². The number of benzene rings is 1. The van der Waals surface area contributed by atoms with Crippen LogP contribution in [0.4, 0.5) is 5.69 Å². The van der Waals surface area contributed by atoms with Gasteiger partial charge in [-0.15, -0.1) is 0 Å². The molecule has 0 atom stereocenters. The van der Waals surface area contributed by atoms with Crippen molar-refractivity contribution in [2.24, 2.45) is 18.0 Å². The lowest BCUT2D eigenvalue weighted by atomic mass is 10.2. The molecule has 0 aliphatic rings. The first-order valence-corrected chi connectivity index (χ1v) is 7.47. The number of nitro groups is 1. The molecule has 1 aromatic heterocycles. The summed E-state index contributed by atoms with van der Waals surface area (Å²) >= 11 is 1.44. The van der Waals surface area contributed by atoms with Crippen molar-refractivity contribution in [3.05, 3.63) is 45.9 Å². The average molecular weight is 319 g/mol. The Morgan fingerprint density at radius 1 is 1.50 bits per heavy atom. The largest absolute Gasteiger partial charge is 0.323 e. The fourth-order valence-electron chi connectivity index (χ4n) is 1.97. The Morgan fingerprint density at radius 3 is 2.82 bits per heavy atom. The number of nitrogens with two attached hydrogens (primary N) is 1. The molecule has 1 aromatic carbocycles. The summed E-state index contributed by atoms with van der Waals surface area (Å²) in [6.45, 7) is 4.09. The lowest BCUT2D eigenvalue weighted by Gasteiger charge is -2.08. The van der Waals surface area contributed by atoms with Crippen LogP contribution >= 0.6 is 11.8 Å². The summed E-state index contributed by atoms with van der Waals surface area (Å²) in [4.78, 5) is 15.8. The Bertz CT molecular complexity index is 724. The highest BCUT2D eigenvalue weighted by Gasteiger charge is 2.18. The van der Waals surface area contributed by atoms with E-state index in [4.69, 9.17) is 5.84 Å². The zero-order valence-corrected chi connectivity index (χ0v) is 13.4. The van der Waals surface area contributed by atoms with E-state index in [1.54, 1.807) is 12.1 Å². The average Bonchev–Trinajstić information content (AvgIpc) is 2.77. The molecule has 2 N–H and O–H groups in total. The molecule has 0 aliphatic carbocycles. The number of aromatic nitrogens is 2. The van der Waals surface area contributed by atoms with Gasteiger partial charge in [0.05, 0.1) is 16.8 Å². The molecule has 0 aliphatic heterocycles. The monoisotopic (exact) mass is 319 g/mol. The Balaban J connectivity index is 2.44. The highest BCUT2D eigenvalue weighted by molar-refractivity contribution is 7.99. The highest BCUT2D eigenvalue weighted by atomic mass is 32.2. The fraction of sp³-hybridized carbons (Fsp3) is 0.286. The third kappa shape index (κ3) is 3.28. The molecule has 0 fully saturated rings. The number of nitrogens with zero attached hydrogens (tertiary/aromatic N) is 4. The molecule has 0 bridgehead atoms. The maximum Gasteiger partial charge on any atom is 0.270 e. The Hall–Kier alpha value is -2.35. The summed E-state index contributed by atoms with van der Waals surface area (Å²) in [5, 5.41) is 15.3. The van der Waals surface area contributed by atoms with Crippen LogP contribution in [0.3, 0.4) is 0 Å². The van der Waals surface area contributed by atoms with Gasteiger partial charge in [-0.05, 0) is 12.0 Å². The van der Waals surface area contributed by atoms with Gasteiger partial charge in [0.1, 0.15) is 5.03 Å². The predicted octanol–water partition coefficient (Wildman–Crippen LogP) is 2.90. The van der Waals surface area contributed by atoms with Crippen LogP contribution in [0.1, 0.15) is 31.3 Å². The predicted molar refractivity (Wildman–Crippen MR) is 86.3 cm³/mol. The summed E-state index contributed by atoms with van der Waals surface area (Å²) < 4.78 is 1.88. The second-order valence-corrected chi connectivity index (χ2v) is 6.07. The molecule has 116 valence electrons. The topological polar surface area (TPSA) is 99.3 Å². The van der Waals surface area contributed by atoms with E-state index in [1.165, 1.54) is 24.0 Å². The molecule has 7 nitrogen and oxygen atoms in total. The molecule has 8 heteroatoms. The van der Waals surface area contributed by atoms with Gasteiger partial charge in [0.2, 0.25) is 0 Å². The third-order valence-corrected chi connectivity index (χ3v) is 4.25. The molecule has 1 heterocycles. The number of hydrogen-bond acceptors (Lipinski definition) is 6. The van der Waals surface area contributed by atoms with Crippen LogP contribution in [-0.4, -0.2) is 20.7 Å². The van der Waals surface area contributed by atoms with Crippen LogP contribution in [0, 0.1) is 10.1 Å². The number of imidazole rings is 1. The molecule has 2 aromatic rings. The number of hydrazone groups is 1. The normalized spacial score (nSPS) is 11.5. The van der Waals surface area contributed by atoms with E-state index in [1.807, 2.05) is 31.5 Å². The quantitative estimate of drug-likeness (QED) is 0.395. The van der Waals surface area contributed by atoms with Gasteiger partial charge in [-0.3, -0.25) is 10.1 Å². The molecule has 0 spiro atoms. The van der Waals surface area contributed by atoms with E-state index in [-0.39, 0.29) is 11.6 Å². The van der Waals surface area contributed by atoms with Gasteiger partial charge in [-0.25, -0.2) is 4.98 Å². The first-order valence-electron chi connectivity index (χ1n) is 6.66. The zero-order chi connectivity index (χ0) is 16.3. The molecule has 0 unspecified atom stereocenters. The van der Waals surface area contributed by atoms with Crippen LogP contribution < -0.4 is 5.84 Å². The van der Waals surface area contributed by atoms with Crippen molar-refractivity contribution in [2.75, 3.05) is 0 Å². The minimum atomic E-state index is -0.400.